The summed E-state index contributed by atoms with van der Waals surface area (Å²) >= 11 is 1.35. The molecule has 20 nitrogen and oxygen atoms in total. The molecule has 0 unspecified atom stereocenters. The Labute approximate surface area is 352 Å². The zero-order valence-corrected chi connectivity index (χ0v) is 35.1. The van der Waals surface area contributed by atoms with Gasteiger partial charge in [0.25, 0.3) is 0 Å². The summed E-state index contributed by atoms with van der Waals surface area (Å²) in [6.07, 6.45) is 2.80. The van der Waals surface area contributed by atoms with Crippen molar-refractivity contribution in [3.63, 3.8) is 0 Å². The van der Waals surface area contributed by atoms with Crippen LogP contribution in [0.25, 0.3) is 0 Å². The number of amides is 7. The molecule has 0 radical (unpaired) electrons. The van der Waals surface area contributed by atoms with E-state index >= 15 is 0 Å². The molecule has 2 heterocycles. The molecule has 0 aliphatic carbocycles. The monoisotopic (exact) mass is 862 g/mol. The first-order valence-corrected chi connectivity index (χ1v) is 21.3. The van der Waals surface area contributed by atoms with Crippen LogP contribution in [-0.4, -0.2) is 152 Å². The van der Waals surface area contributed by atoms with Gasteiger partial charge in [-0.3, -0.25) is 38.4 Å². The van der Waals surface area contributed by atoms with Crippen LogP contribution in [0.2, 0.25) is 0 Å². The molecule has 21 heteroatoms. The van der Waals surface area contributed by atoms with E-state index in [9.17, 15) is 58.5 Å². The van der Waals surface area contributed by atoms with Crippen LogP contribution < -0.4 is 32.3 Å². The molecule has 2 aliphatic rings. The first-order valence-electron chi connectivity index (χ1n) is 19.9. The number of thioether (sulfide) groups is 1. The number of nitrogens with zero attached hydrogens (tertiary/aromatic N) is 2. The Kier molecular flexibility index (Phi) is 19.1. The van der Waals surface area contributed by atoms with Crippen LogP contribution in [0.5, 0.6) is 5.75 Å². The van der Waals surface area contributed by atoms with Crippen molar-refractivity contribution in [2.24, 2.45) is 11.7 Å². The SMILES string of the molecule is CC[C@H](C)[C@H](NC(=O)[C@H](C)N)C(=O)N1CCC[C@H]1C(=O)NCC(=O)N1CCC[C@H]1C(=O)N[C@@H](CCSC)C(=O)N[C@@H](CC(=O)O)C(=O)N[C@@H](Cc1ccc(O)cc1)C(=O)O. The highest BCUT2D eigenvalue weighted by molar-refractivity contribution is 7.98. The van der Waals surface area contributed by atoms with Crippen LogP contribution in [0.15, 0.2) is 24.3 Å². The number of carbonyl (C=O) groups excluding carboxylic acids is 7. The number of rotatable bonds is 22. The van der Waals surface area contributed by atoms with E-state index < -0.39 is 109 Å². The van der Waals surface area contributed by atoms with Gasteiger partial charge in [0.15, 0.2) is 0 Å². The Morgan fingerprint density at radius 3 is 1.95 bits per heavy atom. The fraction of sp³-hybridized carbons (Fsp3) is 0.615. The van der Waals surface area contributed by atoms with E-state index in [0.29, 0.717) is 37.0 Å². The maximum absolute atomic E-state index is 13.7. The smallest absolute Gasteiger partial charge is 0.326 e. The highest BCUT2D eigenvalue weighted by Crippen LogP contribution is 2.22. The molecule has 0 aromatic heterocycles. The summed E-state index contributed by atoms with van der Waals surface area (Å²) in [5.41, 5.74) is 6.16. The molecule has 2 saturated heterocycles. The van der Waals surface area contributed by atoms with Gasteiger partial charge in [-0.15, -0.1) is 0 Å². The van der Waals surface area contributed by atoms with Crippen molar-refractivity contribution in [3.8, 4) is 5.75 Å². The van der Waals surface area contributed by atoms with E-state index in [2.05, 4.69) is 26.6 Å². The van der Waals surface area contributed by atoms with Crippen molar-refractivity contribution in [1.82, 2.24) is 36.4 Å². The maximum Gasteiger partial charge on any atom is 0.326 e. The molecule has 3 rings (SSSR count). The Balaban J connectivity index is 1.66. The predicted molar refractivity (Wildman–Crippen MR) is 218 cm³/mol. The van der Waals surface area contributed by atoms with E-state index in [1.54, 1.807) is 6.26 Å². The molecule has 1 aromatic rings. The van der Waals surface area contributed by atoms with Crippen LogP contribution in [0.1, 0.15) is 71.3 Å². The fourth-order valence-electron chi connectivity index (χ4n) is 6.94. The van der Waals surface area contributed by atoms with Gasteiger partial charge in [-0.1, -0.05) is 32.4 Å². The van der Waals surface area contributed by atoms with Crippen molar-refractivity contribution in [1.29, 1.82) is 0 Å². The summed E-state index contributed by atoms with van der Waals surface area (Å²) in [6.45, 7) is 5.15. The van der Waals surface area contributed by atoms with Gasteiger partial charge in [0.2, 0.25) is 41.4 Å². The zero-order chi connectivity index (χ0) is 44.7. The number of hydrogen-bond acceptors (Lipinski definition) is 12. The van der Waals surface area contributed by atoms with Gasteiger partial charge in [-0.25, -0.2) is 4.79 Å². The number of aliphatic carboxylic acids is 2. The largest absolute Gasteiger partial charge is 0.508 e. The van der Waals surface area contributed by atoms with Crippen LogP contribution >= 0.6 is 11.8 Å². The molecule has 8 atom stereocenters. The van der Waals surface area contributed by atoms with E-state index in [1.807, 2.05) is 13.8 Å². The van der Waals surface area contributed by atoms with Gasteiger partial charge >= 0.3 is 11.9 Å². The summed E-state index contributed by atoms with van der Waals surface area (Å²) in [7, 11) is 0. The molecule has 7 amide bonds. The Morgan fingerprint density at radius 2 is 1.38 bits per heavy atom. The number of phenolic OH excluding ortho intramolecular Hbond substituents is 1. The first kappa shape index (κ1) is 48.9. The van der Waals surface area contributed by atoms with Crippen LogP contribution in [0.3, 0.4) is 0 Å². The van der Waals surface area contributed by atoms with E-state index in [0.717, 1.165) is 0 Å². The number of hydrogen-bond donors (Lipinski definition) is 9. The lowest BCUT2D eigenvalue weighted by Crippen LogP contribution is -2.58. The van der Waals surface area contributed by atoms with Gasteiger partial charge in [0.1, 0.15) is 42.0 Å². The summed E-state index contributed by atoms with van der Waals surface area (Å²) in [5, 5.41) is 41.3. The van der Waals surface area contributed by atoms with Gasteiger partial charge in [-0.2, -0.15) is 11.8 Å². The number of aromatic hydroxyl groups is 1. The average Bonchev–Trinajstić information content (AvgIpc) is 3.91. The molecule has 332 valence electrons. The minimum atomic E-state index is -1.72. The topological polar surface area (TPSA) is 307 Å². The number of nitrogens with two attached hydrogens (primary N) is 1. The molecular formula is C39H58N8O12S. The summed E-state index contributed by atoms with van der Waals surface area (Å²) < 4.78 is 0. The van der Waals surface area contributed by atoms with Gasteiger partial charge in [0.05, 0.1) is 19.0 Å². The molecule has 2 aliphatic heterocycles. The lowest BCUT2D eigenvalue weighted by molar-refractivity contribution is -0.144. The number of nitrogens with one attached hydrogen (secondary N) is 5. The van der Waals surface area contributed by atoms with E-state index in [1.165, 1.54) is 52.8 Å². The zero-order valence-electron chi connectivity index (χ0n) is 34.3. The molecule has 10 N–H and O–H groups in total. The molecule has 0 spiro atoms. The molecule has 60 heavy (non-hydrogen) atoms. The molecule has 1 aromatic carbocycles. The molecule has 0 saturated carbocycles. The van der Waals surface area contributed by atoms with Crippen LogP contribution in [0.4, 0.5) is 0 Å². The number of benzene rings is 1. The Hall–Kier alpha value is -5.44. The molecule has 0 bridgehead atoms. The number of carboxylic acids is 2. The number of phenols is 1. The third kappa shape index (κ3) is 14.1. The number of carboxylic acid groups (broad SMARTS) is 2. The first-order chi connectivity index (χ1) is 28.4. The second-order valence-corrected chi connectivity index (χ2v) is 16.1. The third-order valence-corrected chi connectivity index (χ3v) is 11.2. The van der Waals surface area contributed by atoms with E-state index in [-0.39, 0.29) is 44.0 Å². The van der Waals surface area contributed by atoms with Gasteiger partial charge < -0.3 is 57.4 Å². The van der Waals surface area contributed by atoms with Crippen LogP contribution in [-0.2, 0) is 49.6 Å². The summed E-state index contributed by atoms with van der Waals surface area (Å²) in [4.78, 5) is 120. The second-order valence-electron chi connectivity index (χ2n) is 15.1. The number of carbonyl (C=O) groups is 9. The van der Waals surface area contributed by atoms with Crippen molar-refractivity contribution >= 4 is 65.1 Å². The second kappa shape index (κ2) is 23.4. The average molecular weight is 863 g/mol. The minimum absolute atomic E-state index is 0.0545. The normalized spacial score (nSPS) is 19.1. The predicted octanol–water partition coefficient (Wildman–Crippen LogP) is -1.32. The summed E-state index contributed by atoms with van der Waals surface area (Å²) in [6, 6.07) is -2.60. The molecular weight excluding hydrogens is 805 g/mol. The van der Waals surface area contributed by atoms with Gasteiger partial charge in [0, 0.05) is 19.5 Å². The number of likely N-dealkylation sites (tertiary alicyclic amines) is 2. The van der Waals surface area contributed by atoms with Crippen LogP contribution in [0, 0.1) is 5.92 Å². The highest BCUT2D eigenvalue weighted by Gasteiger charge is 2.41. The summed E-state index contributed by atoms with van der Waals surface area (Å²) in [5.74, 6) is -7.60. The Bertz CT molecular complexity index is 1730. The van der Waals surface area contributed by atoms with Crippen molar-refractivity contribution in [2.75, 3.05) is 31.6 Å². The maximum atomic E-state index is 13.7. The standard InChI is InChI=1S/C39H58N8O12S/c1-5-21(2)32(45-33(52)22(3)40)38(57)47-16-7-8-28(47)36(55)41-20-30(49)46-15-6-9-29(46)37(56)42-25(14-17-60-4)34(53)43-26(19-31(50)51)35(54)44-27(39(58)59)18-23-10-12-24(48)13-11-23/h10-13,21-22,25-29,32,48H,5-9,14-20,40H2,1-4H3,(H,41,55)(H,42,56)(H,43,53)(H,44,54)(H,45,52)(H,50,51)(H,58,59)/t21-,22-,25-,26-,27-,28-,29-,32-/m0/s1. The Morgan fingerprint density at radius 1 is 0.800 bits per heavy atom. The lowest BCUT2D eigenvalue weighted by Gasteiger charge is -2.32. The lowest BCUT2D eigenvalue weighted by atomic mass is 9.97. The van der Waals surface area contributed by atoms with Crippen molar-refractivity contribution in [3.05, 3.63) is 29.8 Å². The highest BCUT2D eigenvalue weighted by atomic mass is 32.2. The van der Waals surface area contributed by atoms with Gasteiger partial charge in [-0.05, 0) is 74.7 Å². The van der Waals surface area contributed by atoms with E-state index in [4.69, 9.17) is 5.73 Å². The van der Waals surface area contributed by atoms with Crippen molar-refractivity contribution in [2.45, 2.75) is 114 Å². The third-order valence-electron chi connectivity index (χ3n) is 10.6. The molecule has 2 fully saturated rings. The quantitative estimate of drug-likeness (QED) is 0.0654. The minimum Gasteiger partial charge on any atom is -0.508 e. The fourth-order valence-corrected chi connectivity index (χ4v) is 7.41. The van der Waals surface area contributed by atoms with Crippen molar-refractivity contribution < 1.29 is 58.5 Å².